The molecule has 5 heteroatoms. The van der Waals surface area contributed by atoms with Gasteiger partial charge in [0.05, 0.1) is 18.0 Å². The Labute approximate surface area is 109 Å². The van der Waals surface area contributed by atoms with Crippen molar-refractivity contribution in [2.45, 2.75) is 25.7 Å². The number of rotatable bonds is 7. The number of hydrogen-bond donors (Lipinski definition) is 1. The fourth-order valence-corrected chi connectivity index (χ4v) is 1.84. The largest absolute Gasteiger partial charge is 0.352 e. The van der Waals surface area contributed by atoms with Crippen molar-refractivity contribution in [3.8, 4) is 0 Å². The van der Waals surface area contributed by atoms with Crippen molar-refractivity contribution in [3.63, 3.8) is 0 Å². The lowest BCUT2D eigenvalue weighted by atomic mass is 10.2. The van der Waals surface area contributed by atoms with Gasteiger partial charge in [-0.15, -0.1) is 0 Å². The second-order valence-corrected chi connectivity index (χ2v) is 4.57. The van der Waals surface area contributed by atoms with Crippen LogP contribution < -0.4 is 5.32 Å². The van der Waals surface area contributed by atoms with Gasteiger partial charge in [-0.2, -0.15) is 10.2 Å². The van der Waals surface area contributed by atoms with Crippen LogP contribution in [0.1, 0.15) is 36.0 Å². The molecule has 0 radical (unpaired) electrons. The molecule has 1 aromatic rings. The van der Waals surface area contributed by atoms with Crippen molar-refractivity contribution in [1.82, 2.24) is 15.5 Å². The maximum Gasteiger partial charge on any atom is 0.252 e. The molecular weight excluding hydrogens is 317 g/mol. The third kappa shape index (κ3) is 5.39. The third-order valence-corrected chi connectivity index (χ3v) is 2.96. The maximum absolute atomic E-state index is 11.6. The Morgan fingerprint density at radius 1 is 1.25 bits per heavy atom. The molecule has 0 aliphatic rings. The second-order valence-electron chi connectivity index (χ2n) is 3.49. The summed E-state index contributed by atoms with van der Waals surface area (Å²) in [6, 6.07) is 1.67. The minimum absolute atomic E-state index is 0.0659. The molecule has 1 heterocycles. The molecule has 0 unspecified atom stereocenters. The van der Waals surface area contributed by atoms with Crippen LogP contribution in [0.3, 0.4) is 0 Å². The van der Waals surface area contributed by atoms with Crippen molar-refractivity contribution in [1.29, 1.82) is 0 Å². The highest BCUT2D eigenvalue weighted by atomic mass is 127. The summed E-state index contributed by atoms with van der Waals surface area (Å²) in [6.07, 6.45) is 7.73. The summed E-state index contributed by atoms with van der Waals surface area (Å²) in [5.74, 6) is -0.0659. The molecule has 16 heavy (non-hydrogen) atoms. The first-order valence-electron chi connectivity index (χ1n) is 5.45. The van der Waals surface area contributed by atoms with Crippen LogP contribution in [0.25, 0.3) is 0 Å². The average Bonchev–Trinajstić information content (AvgIpc) is 2.34. The van der Waals surface area contributed by atoms with Crippen LogP contribution in [0.2, 0.25) is 0 Å². The molecule has 0 aliphatic carbocycles. The number of carbonyl (C=O) groups excluding carboxylic acids is 1. The predicted molar refractivity (Wildman–Crippen MR) is 71.7 cm³/mol. The summed E-state index contributed by atoms with van der Waals surface area (Å²) < 4.78 is 1.22. The van der Waals surface area contributed by atoms with Crippen molar-refractivity contribution in [3.05, 3.63) is 24.0 Å². The van der Waals surface area contributed by atoms with Crippen LogP contribution in [-0.2, 0) is 0 Å². The predicted octanol–water partition coefficient (Wildman–Crippen LogP) is 2.20. The Hall–Kier alpha value is -0.720. The van der Waals surface area contributed by atoms with E-state index in [0.29, 0.717) is 5.56 Å². The zero-order chi connectivity index (χ0) is 11.6. The van der Waals surface area contributed by atoms with E-state index in [9.17, 15) is 4.79 Å². The number of nitrogens with zero attached hydrogens (tertiary/aromatic N) is 2. The van der Waals surface area contributed by atoms with Crippen LogP contribution in [0.15, 0.2) is 18.5 Å². The zero-order valence-electron chi connectivity index (χ0n) is 9.16. The highest BCUT2D eigenvalue weighted by molar-refractivity contribution is 14.1. The van der Waals surface area contributed by atoms with Gasteiger partial charge in [-0.1, -0.05) is 35.4 Å². The number of aromatic nitrogens is 2. The number of halogens is 1. The monoisotopic (exact) mass is 333 g/mol. The molecule has 0 spiro atoms. The summed E-state index contributed by atoms with van der Waals surface area (Å²) >= 11 is 2.38. The molecule has 0 aliphatic heterocycles. The van der Waals surface area contributed by atoms with Gasteiger partial charge in [-0.3, -0.25) is 4.79 Å². The quantitative estimate of drug-likeness (QED) is 0.473. The number of alkyl halides is 1. The van der Waals surface area contributed by atoms with Crippen LogP contribution >= 0.6 is 22.6 Å². The lowest BCUT2D eigenvalue weighted by molar-refractivity contribution is 0.0952. The summed E-state index contributed by atoms with van der Waals surface area (Å²) in [4.78, 5) is 11.6. The van der Waals surface area contributed by atoms with Gasteiger partial charge in [0.25, 0.3) is 5.91 Å². The second kappa shape index (κ2) is 8.43. The fraction of sp³-hybridized carbons (Fsp3) is 0.545. The van der Waals surface area contributed by atoms with Crippen molar-refractivity contribution < 1.29 is 4.79 Å². The van der Waals surface area contributed by atoms with E-state index in [1.54, 1.807) is 6.07 Å². The first kappa shape index (κ1) is 13.3. The summed E-state index contributed by atoms with van der Waals surface area (Å²) in [6.45, 7) is 0.738. The van der Waals surface area contributed by atoms with Gasteiger partial charge >= 0.3 is 0 Å². The van der Waals surface area contributed by atoms with E-state index in [-0.39, 0.29) is 5.91 Å². The van der Waals surface area contributed by atoms with Crippen LogP contribution in [0.5, 0.6) is 0 Å². The zero-order valence-corrected chi connectivity index (χ0v) is 11.3. The van der Waals surface area contributed by atoms with E-state index in [4.69, 9.17) is 0 Å². The van der Waals surface area contributed by atoms with Crippen LogP contribution in [0, 0.1) is 0 Å². The highest BCUT2D eigenvalue weighted by Crippen LogP contribution is 2.01. The normalized spacial score (nSPS) is 10.1. The Morgan fingerprint density at radius 2 is 2.06 bits per heavy atom. The topological polar surface area (TPSA) is 54.9 Å². The van der Waals surface area contributed by atoms with Crippen molar-refractivity contribution >= 4 is 28.5 Å². The van der Waals surface area contributed by atoms with E-state index >= 15 is 0 Å². The third-order valence-electron chi connectivity index (χ3n) is 2.19. The summed E-state index contributed by atoms with van der Waals surface area (Å²) in [7, 11) is 0. The Kier molecular flexibility index (Phi) is 7.03. The van der Waals surface area contributed by atoms with E-state index in [1.807, 2.05) is 0 Å². The van der Waals surface area contributed by atoms with E-state index in [1.165, 1.54) is 36.1 Å². The average molecular weight is 333 g/mol. The molecule has 1 rings (SSSR count). The maximum atomic E-state index is 11.6. The van der Waals surface area contributed by atoms with Gasteiger partial charge in [-0.25, -0.2) is 0 Å². The molecule has 0 saturated carbocycles. The lowest BCUT2D eigenvalue weighted by Crippen LogP contribution is -2.24. The molecule has 88 valence electrons. The highest BCUT2D eigenvalue weighted by Gasteiger charge is 2.03. The smallest absolute Gasteiger partial charge is 0.252 e. The van der Waals surface area contributed by atoms with Gasteiger partial charge in [0.1, 0.15) is 0 Å². The van der Waals surface area contributed by atoms with E-state index in [2.05, 4.69) is 38.1 Å². The first-order chi connectivity index (χ1) is 7.84. The van der Waals surface area contributed by atoms with Gasteiger partial charge in [-0.05, 0) is 23.3 Å². The number of amides is 1. The molecule has 0 aromatic carbocycles. The van der Waals surface area contributed by atoms with E-state index < -0.39 is 0 Å². The van der Waals surface area contributed by atoms with Crippen LogP contribution in [0.4, 0.5) is 0 Å². The standard InChI is InChI=1S/C11H16IN3O/c12-6-3-1-2-4-7-13-11(16)10-5-8-14-15-9-10/h5,8-9H,1-4,6-7H2,(H,13,16). The Bertz CT molecular complexity index is 305. The van der Waals surface area contributed by atoms with Gasteiger partial charge in [0, 0.05) is 6.54 Å². The molecule has 4 nitrogen and oxygen atoms in total. The minimum atomic E-state index is -0.0659. The number of hydrogen-bond acceptors (Lipinski definition) is 3. The van der Waals surface area contributed by atoms with Crippen molar-refractivity contribution in [2.24, 2.45) is 0 Å². The number of carbonyl (C=O) groups is 1. The lowest BCUT2D eigenvalue weighted by Gasteiger charge is -2.04. The van der Waals surface area contributed by atoms with Gasteiger partial charge in [0.15, 0.2) is 0 Å². The minimum Gasteiger partial charge on any atom is -0.352 e. The Morgan fingerprint density at radius 3 is 2.75 bits per heavy atom. The van der Waals surface area contributed by atoms with Gasteiger partial charge in [0.2, 0.25) is 0 Å². The molecular formula is C11H16IN3O. The van der Waals surface area contributed by atoms with E-state index in [0.717, 1.165) is 13.0 Å². The molecule has 0 fully saturated rings. The fourth-order valence-electron chi connectivity index (χ4n) is 1.30. The SMILES string of the molecule is O=C(NCCCCCCI)c1ccnnc1. The first-order valence-corrected chi connectivity index (χ1v) is 6.98. The number of unbranched alkanes of at least 4 members (excludes halogenated alkanes) is 3. The molecule has 1 amide bonds. The van der Waals surface area contributed by atoms with Gasteiger partial charge < -0.3 is 5.32 Å². The van der Waals surface area contributed by atoms with Crippen LogP contribution in [-0.4, -0.2) is 27.1 Å². The Balaban J connectivity index is 2.12. The molecule has 1 aromatic heterocycles. The van der Waals surface area contributed by atoms with Crippen molar-refractivity contribution in [2.75, 3.05) is 11.0 Å². The number of nitrogens with one attached hydrogen (secondary N) is 1. The summed E-state index contributed by atoms with van der Waals surface area (Å²) in [5, 5.41) is 10.2. The summed E-state index contributed by atoms with van der Waals surface area (Å²) in [5.41, 5.74) is 0.572. The molecule has 0 saturated heterocycles. The molecule has 0 bridgehead atoms. The molecule has 0 atom stereocenters. The molecule has 1 N–H and O–H groups in total.